The molecule has 0 fully saturated rings. The van der Waals surface area contributed by atoms with E-state index in [4.69, 9.17) is 5.73 Å². The van der Waals surface area contributed by atoms with E-state index < -0.39 is 0 Å². The monoisotopic (exact) mass is 388 g/mol. The summed E-state index contributed by atoms with van der Waals surface area (Å²) in [6.45, 7) is 0. The highest BCUT2D eigenvalue weighted by Gasteiger charge is 2.11. The Balaban J connectivity index is 1.51. The Bertz CT molecular complexity index is 1110. The topological polar surface area (TPSA) is 106 Å². The number of benzene rings is 2. The first-order chi connectivity index (χ1) is 13.7. The van der Waals surface area contributed by atoms with Crippen molar-refractivity contribution < 1.29 is 4.79 Å². The number of nitrogens with zero attached hydrogens (tertiary/aromatic N) is 3. The molecule has 0 spiro atoms. The summed E-state index contributed by atoms with van der Waals surface area (Å²) in [6.07, 6.45) is 3.06. The number of hydrogen-bond acceptors (Lipinski definition) is 6. The van der Waals surface area contributed by atoms with Gasteiger partial charge in [-0.3, -0.25) is 0 Å². The van der Waals surface area contributed by atoms with E-state index in [1.807, 2.05) is 60.0 Å². The number of hydrogen-bond donors (Lipinski definition) is 3. The maximum atomic E-state index is 12.2. The highest BCUT2D eigenvalue weighted by atomic mass is 32.1. The van der Waals surface area contributed by atoms with Crippen LogP contribution in [0, 0.1) is 0 Å². The molecule has 0 bridgehead atoms. The maximum absolute atomic E-state index is 12.2. The Morgan fingerprint density at radius 3 is 2.61 bits per heavy atom. The van der Waals surface area contributed by atoms with Crippen LogP contribution in [0.25, 0.3) is 21.8 Å². The number of rotatable bonds is 4. The van der Waals surface area contributed by atoms with Crippen molar-refractivity contribution in [3.05, 3.63) is 72.5 Å². The largest absolute Gasteiger partial charge is 0.383 e. The van der Waals surface area contributed by atoms with Gasteiger partial charge in [-0.2, -0.15) is 0 Å². The van der Waals surface area contributed by atoms with Gasteiger partial charge in [0.2, 0.25) is 0 Å². The molecule has 2 aromatic carbocycles. The third-order valence-corrected chi connectivity index (χ3v) is 4.80. The summed E-state index contributed by atoms with van der Waals surface area (Å²) in [5.41, 5.74) is 9.67. The molecule has 28 heavy (non-hydrogen) atoms. The molecule has 0 aliphatic rings. The van der Waals surface area contributed by atoms with Crippen LogP contribution in [0.3, 0.4) is 0 Å². The number of urea groups is 1. The lowest BCUT2D eigenvalue weighted by Crippen LogP contribution is -2.19. The molecule has 2 aromatic heterocycles. The van der Waals surface area contributed by atoms with Gasteiger partial charge in [-0.25, -0.2) is 19.7 Å². The van der Waals surface area contributed by atoms with E-state index in [1.165, 1.54) is 17.7 Å². The Kier molecular flexibility index (Phi) is 4.94. The second kappa shape index (κ2) is 7.85. The molecule has 4 N–H and O–H groups in total. The first-order valence-electron chi connectivity index (χ1n) is 8.44. The lowest BCUT2D eigenvalue weighted by Gasteiger charge is -2.08. The van der Waals surface area contributed by atoms with Gasteiger partial charge in [-0.15, -0.1) is 11.3 Å². The zero-order valence-electron chi connectivity index (χ0n) is 14.7. The number of nitrogen functional groups attached to an aromatic ring is 1. The molecule has 0 atom stereocenters. The third-order valence-electron chi connectivity index (χ3n) is 3.93. The van der Waals surface area contributed by atoms with Gasteiger partial charge in [-0.05, 0) is 24.3 Å². The first-order valence-corrected chi connectivity index (χ1v) is 9.32. The van der Waals surface area contributed by atoms with Gasteiger partial charge in [0.15, 0.2) is 0 Å². The Labute approximate surface area is 165 Å². The van der Waals surface area contributed by atoms with E-state index in [9.17, 15) is 4.79 Å². The van der Waals surface area contributed by atoms with Crippen molar-refractivity contribution in [2.75, 3.05) is 16.4 Å². The molecule has 138 valence electrons. The molecule has 0 aliphatic heterocycles. The number of aromatic nitrogens is 3. The van der Waals surface area contributed by atoms with Crippen LogP contribution in [0.5, 0.6) is 0 Å². The minimum Gasteiger partial charge on any atom is -0.383 e. The van der Waals surface area contributed by atoms with Gasteiger partial charge in [0, 0.05) is 28.5 Å². The van der Waals surface area contributed by atoms with Gasteiger partial charge in [0.1, 0.15) is 17.2 Å². The van der Waals surface area contributed by atoms with Crippen LogP contribution >= 0.6 is 11.3 Å². The second-order valence-corrected chi connectivity index (χ2v) is 6.74. The molecule has 2 heterocycles. The standard InChI is InChI=1S/C20H16N6OS/c21-18-16(10-22-12-23-18)19-26-17(11-28-19)13-5-4-8-15(9-13)25-20(27)24-14-6-2-1-3-7-14/h1-12H,(H2,21,22,23)(H2,24,25,27). The molecule has 4 aromatic rings. The lowest BCUT2D eigenvalue weighted by atomic mass is 10.1. The van der Waals surface area contributed by atoms with E-state index in [0.29, 0.717) is 17.1 Å². The van der Waals surface area contributed by atoms with Gasteiger partial charge in [-0.1, -0.05) is 30.3 Å². The summed E-state index contributed by atoms with van der Waals surface area (Å²) in [5.74, 6) is 0.393. The number of thiazole rings is 1. The summed E-state index contributed by atoms with van der Waals surface area (Å²) in [5, 5.41) is 8.30. The van der Waals surface area contributed by atoms with Crippen molar-refractivity contribution in [1.82, 2.24) is 15.0 Å². The van der Waals surface area contributed by atoms with E-state index >= 15 is 0 Å². The van der Waals surface area contributed by atoms with Gasteiger partial charge < -0.3 is 16.4 Å². The predicted molar refractivity (Wildman–Crippen MR) is 112 cm³/mol. The SMILES string of the molecule is Nc1ncncc1-c1nc(-c2cccc(NC(=O)Nc3ccccc3)c2)cs1. The van der Waals surface area contributed by atoms with E-state index in [0.717, 1.165) is 22.0 Å². The van der Waals surface area contributed by atoms with Crippen LogP contribution in [-0.2, 0) is 0 Å². The number of amides is 2. The summed E-state index contributed by atoms with van der Waals surface area (Å²) in [4.78, 5) is 24.8. The number of carbonyl (C=O) groups excluding carboxylic acids is 1. The minimum atomic E-state index is -0.309. The molecule has 0 aliphatic carbocycles. The third kappa shape index (κ3) is 3.97. The van der Waals surface area contributed by atoms with Crippen molar-refractivity contribution in [2.24, 2.45) is 0 Å². The average Bonchev–Trinajstić information content (AvgIpc) is 3.19. The summed E-state index contributed by atoms with van der Waals surface area (Å²) in [6, 6.07) is 16.5. The quantitative estimate of drug-likeness (QED) is 0.477. The molecule has 7 nitrogen and oxygen atoms in total. The Morgan fingerprint density at radius 1 is 1.00 bits per heavy atom. The van der Waals surface area contributed by atoms with Crippen LogP contribution in [0.15, 0.2) is 72.5 Å². The second-order valence-electron chi connectivity index (χ2n) is 5.89. The molecule has 0 unspecified atom stereocenters. The van der Waals surface area contributed by atoms with Crippen LogP contribution in [0.1, 0.15) is 0 Å². The van der Waals surface area contributed by atoms with Crippen molar-refractivity contribution in [2.45, 2.75) is 0 Å². The first kappa shape index (κ1) is 17.6. The highest BCUT2D eigenvalue weighted by Crippen LogP contribution is 2.31. The van der Waals surface area contributed by atoms with Gasteiger partial charge >= 0.3 is 6.03 Å². The average molecular weight is 388 g/mol. The van der Waals surface area contributed by atoms with Crippen LogP contribution < -0.4 is 16.4 Å². The molecular formula is C20H16N6OS. The number of nitrogens with one attached hydrogen (secondary N) is 2. The normalized spacial score (nSPS) is 10.4. The van der Waals surface area contributed by atoms with Crippen molar-refractivity contribution in [3.63, 3.8) is 0 Å². The minimum absolute atomic E-state index is 0.309. The van der Waals surface area contributed by atoms with Crippen molar-refractivity contribution >= 4 is 34.6 Å². The number of anilines is 3. The highest BCUT2D eigenvalue weighted by molar-refractivity contribution is 7.13. The van der Waals surface area contributed by atoms with Crippen molar-refractivity contribution in [3.8, 4) is 21.8 Å². The van der Waals surface area contributed by atoms with E-state index in [-0.39, 0.29) is 6.03 Å². The summed E-state index contributed by atoms with van der Waals surface area (Å²) in [7, 11) is 0. The number of nitrogens with two attached hydrogens (primary N) is 1. The molecule has 4 rings (SSSR count). The predicted octanol–water partition coefficient (Wildman–Crippen LogP) is 4.49. The molecule has 0 radical (unpaired) electrons. The molecule has 0 saturated heterocycles. The van der Waals surface area contributed by atoms with E-state index in [2.05, 4.69) is 25.6 Å². The maximum Gasteiger partial charge on any atom is 0.323 e. The van der Waals surface area contributed by atoms with Crippen LogP contribution in [-0.4, -0.2) is 21.0 Å². The van der Waals surface area contributed by atoms with Gasteiger partial charge in [0.05, 0.1) is 11.3 Å². The van der Waals surface area contributed by atoms with Crippen molar-refractivity contribution in [1.29, 1.82) is 0 Å². The summed E-state index contributed by atoms with van der Waals surface area (Å²) < 4.78 is 0. The van der Waals surface area contributed by atoms with E-state index in [1.54, 1.807) is 6.20 Å². The fourth-order valence-electron chi connectivity index (χ4n) is 2.61. The smallest absolute Gasteiger partial charge is 0.323 e. The molecule has 8 heteroatoms. The fraction of sp³-hybridized carbons (Fsp3) is 0. The molecular weight excluding hydrogens is 372 g/mol. The lowest BCUT2D eigenvalue weighted by molar-refractivity contribution is 0.262. The van der Waals surface area contributed by atoms with Gasteiger partial charge in [0.25, 0.3) is 0 Å². The zero-order valence-corrected chi connectivity index (χ0v) is 15.5. The summed E-state index contributed by atoms with van der Waals surface area (Å²) >= 11 is 1.46. The number of para-hydroxylation sites is 1. The molecule has 0 saturated carbocycles. The fourth-order valence-corrected chi connectivity index (χ4v) is 3.45. The zero-order chi connectivity index (χ0) is 19.3. The van der Waals surface area contributed by atoms with Crippen LogP contribution in [0.2, 0.25) is 0 Å². The molecule has 2 amide bonds. The number of carbonyl (C=O) groups is 1. The Morgan fingerprint density at radius 2 is 1.79 bits per heavy atom. The van der Waals surface area contributed by atoms with Crippen LogP contribution in [0.4, 0.5) is 22.0 Å². The Hall–Kier alpha value is -3.78.